The first-order chi connectivity index (χ1) is 13.2. The first kappa shape index (κ1) is 18.9. The van der Waals surface area contributed by atoms with Gasteiger partial charge in [-0.05, 0) is 19.3 Å². The van der Waals surface area contributed by atoms with E-state index in [1.165, 1.54) is 49.8 Å². The number of nitrogens with one attached hydrogen (secondary N) is 1. The minimum Gasteiger partial charge on any atom is -0.344 e. The lowest BCUT2D eigenvalue weighted by molar-refractivity contribution is 0.239. The summed E-state index contributed by atoms with van der Waals surface area (Å²) in [5, 5.41) is 0.621. The largest absolute Gasteiger partial charge is 0.344 e. The topological polar surface area (TPSA) is 57.7 Å². The molecule has 0 amide bonds. The summed E-state index contributed by atoms with van der Waals surface area (Å²) in [5.74, 6) is 2.67. The Balaban J connectivity index is 1.40. The summed E-state index contributed by atoms with van der Waals surface area (Å²) in [6.07, 6.45) is 12.9. The summed E-state index contributed by atoms with van der Waals surface area (Å²) in [5.41, 5.74) is 3.55. The van der Waals surface area contributed by atoms with Crippen LogP contribution in [-0.4, -0.2) is 31.4 Å². The lowest BCUT2D eigenvalue weighted by Crippen LogP contribution is -2.31. The molecule has 27 heavy (non-hydrogen) atoms. The van der Waals surface area contributed by atoms with E-state index in [0.717, 1.165) is 56.2 Å². The van der Waals surface area contributed by atoms with E-state index >= 15 is 0 Å². The highest BCUT2D eigenvalue weighted by Gasteiger charge is 2.23. The minimum atomic E-state index is 0.576. The van der Waals surface area contributed by atoms with Gasteiger partial charge in [0.15, 0.2) is 5.15 Å². The molecule has 2 aromatic rings. The van der Waals surface area contributed by atoms with Gasteiger partial charge in [0.2, 0.25) is 0 Å². The summed E-state index contributed by atoms with van der Waals surface area (Å²) in [6.45, 7) is 4.90. The Kier molecular flexibility index (Phi) is 6.08. The molecular weight excluding hydrogens is 358 g/mol. The summed E-state index contributed by atoms with van der Waals surface area (Å²) >= 11 is 6.36. The van der Waals surface area contributed by atoms with Crippen molar-refractivity contribution in [2.24, 2.45) is 0 Å². The van der Waals surface area contributed by atoms with Crippen LogP contribution >= 0.6 is 11.6 Å². The van der Waals surface area contributed by atoms with Crippen LogP contribution in [0.3, 0.4) is 0 Å². The fourth-order valence-electron chi connectivity index (χ4n) is 4.31. The second kappa shape index (κ2) is 8.70. The standard InChI is InChI=1S/C21H30ClN5/c1-2-3-9-19-24-18(20(22)26-19)14-27-11-10-17-16(13-27)12-23-21(25-17)15-7-5-4-6-8-15/h12,15H,2-11,13-14H2,1H3,(H,24,26). The number of aryl methyl sites for hydroxylation is 1. The highest BCUT2D eigenvalue weighted by atomic mass is 35.5. The van der Waals surface area contributed by atoms with Gasteiger partial charge >= 0.3 is 0 Å². The van der Waals surface area contributed by atoms with Gasteiger partial charge in [-0.25, -0.2) is 15.0 Å². The summed E-state index contributed by atoms with van der Waals surface area (Å²) in [6, 6.07) is 0. The lowest BCUT2D eigenvalue weighted by atomic mass is 9.88. The Hall–Kier alpha value is -1.46. The maximum atomic E-state index is 6.36. The Morgan fingerprint density at radius 3 is 2.89 bits per heavy atom. The first-order valence-corrected chi connectivity index (χ1v) is 10.9. The van der Waals surface area contributed by atoms with E-state index in [0.29, 0.717) is 11.1 Å². The van der Waals surface area contributed by atoms with E-state index in [-0.39, 0.29) is 0 Å². The fraction of sp³-hybridized carbons (Fsp3) is 0.667. The lowest BCUT2D eigenvalue weighted by Gasteiger charge is -2.28. The van der Waals surface area contributed by atoms with Gasteiger partial charge in [-0.2, -0.15) is 0 Å². The van der Waals surface area contributed by atoms with Crippen LogP contribution in [0.25, 0.3) is 0 Å². The number of fused-ring (bicyclic) bond motifs is 1. The SMILES string of the molecule is CCCCc1nc(Cl)c(CN2CCc3nc(C4CCCCC4)ncc3C2)[nH]1. The Morgan fingerprint density at radius 1 is 1.22 bits per heavy atom. The van der Waals surface area contributed by atoms with E-state index in [9.17, 15) is 0 Å². The molecule has 0 unspecified atom stereocenters. The normalized spacial score (nSPS) is 18.6. The monoisotopic (exact) mass is 387 g/mol. The number of hydrogen-bond donors (Lipinski definition) is 1. The van der Waals surface area contributed by atoms with Gasteiger partial charge in [0, 0.05) is 55.8 Å². The molecule has 146 valence electrons. The maximum Gasteiger partial charge on any atom is 0.151 e. The van der Waals surface area contributed by atoms with Crippen molar-refractivity contribution < 1.29 is 0 Å². The number of hydrogen-bond acceptors (Lipinski definition) is 4. The second-order valence-electron chi connectivity index (χ2n) is 8.05. The summed E-state index contributed by atoms with van der Waals surface area (Å²) in [4.78, 5) is 20.0. The molecule has 3 heterocycles. The predicted octanol–water partition coefficient (Wildman–Crippen LogP) is 4.80. The van der Waals surface area contributed by atoms with Crippen molar-refractivity contribution in [3.05, 3.63) is 40.0 Å². The zero-order valence-corrected chi connectivity index (χ0v) is 17.1. The Bertz CT molecular complexity index is 766. The molecule has 0 spiro atoms. The molecule has 2 aromatic heterocycles. The Labute approximate surface area is 167 Å². The molecule has 1 N–H and O–H groups in total. The molecule has 1 saturated carbocycles. The predicted molar refractivity (Wildman–Crippen MR) is 108 cm³/mol. The second-order valence-corrected chi connectivity index (χ2v) is 8.41. The average molecular weight is 388 g/mol. The molecular formula is C21H30ClN5. The highest BCUT2D eigenvalue weighted by molar-refractivity contribution is 6.30. The quantitative estimate of drug-likeness (QED) is 0.773. The molecule has 0 atom stereocenters. The van der Waals surface area contributed by atoms with Crippen molar-refractivity contribution in [3.63, 3.8) is 0 Å². The van der Waals surface area contributed by atoms with Gasteiger partial charge < -0.3 is 4.98 Å². The zero-order valence-electron chi connectivity index (χ0n) is 16.3. The first-order valence-electron chi connectivity index (χ1n) is 10.5. The van der Waals surface area contributed by atoms with E-state index in [4.69, 9.17) is 21.6 Å². The van der Waals surface area contributed by atoms with Crippen LogP contribution in [0.2, 0.25) is 5.15 Å². The summed E-state index contributed by atoms with van der Waals surface area (Å²) < 4.78 is 0. The average Bonchev–Trinajstić information content (AvgIpc) is 3.06. The third-order valence-corrected chi connectivity index (χ3v) is 6.24. The van der Waals surface area contributed by atoms with Crippen molar-refractivity contribution in [3.8, 4) is 0 Å². The van der Waals surface area contributed by atoms with Crippen molar-refractivity contribution in [1.29, 1.82) is 0 Å². The molecule has 1 aliphatic carbocycles. The minimum absolute atomic E-state index is 0.576. The molecule has 6 heteroatoms. The number of aromatic nitrogens is 4. The Morgan fingerprint density at radius 2 is 2.07 bits per heavy atom. The van der Waals surface area contributed by atoms with E-state index < -0.39 is 0 Å². The van der Waals surface area contributed by atoms with Crippen molar-refractivity contribution in [2.45, 2.75) is 83.7 Å². The van der Waals surface area contributed by atoms with Gasteiger partial charge in [0.1, 0.15) is 11.6 Å². The van der Waals surface area contributed by atoms with Gasteiger partial charge in [-0.3, -0.25) is 4.90 Å². The van der Waals surface area contributed by atoms with Crippen molar-refractivity contribution >= 4 is 11.6 Å². The van der Waals surface area contributed by atoms with Gasteiger partial charge in [-0.1, -0.05) is 44.2 Å². The number of imidazole rings is 1. The third kappa shape index (κ3) is 4.52. The maximum absolute atomic E-state index is 6.36. The van der Waals surface area contributed by atoms with E-state index in [1.54, 1.807) is 0 Å². The number of aromatic amines is 1. The zero-order chi connectivity index (χ0) is 18.6. The smallest absolute Gasteiger partial charge is 0.151 e. The molecule has 4 rings (SSSR count). The van der Waals surface area contributed by atoms with Crippen LogP contribution < -0.4 is 0 Å². The molecule has 0 saturated heterocycles. The van der Waals surface area contributed by atoms with Gasteiger partial charge in [0.05, 0.1) is 5.69 Å². The highest BCUT2D eigenvalue weighted by Crippen LogP contribution is 2.31. The van der Waals surface area contributed by atoms with E-state index in [2.05, 4.69) is 28.0 Å². The summed E-state index contributed by atoms with van der Waals surface area (Å²) in [7, 11) is 0. The third-order valence-electron chi connectivity index (χ3n) is 5.93. The number of unbranched alkanes of at least 4 members (excludes halogenated alkanes) is 1. The van der Waals surface area contributed by atoms with Crippen LogP contribution in [0.4, 0.5) is 0 Å². The van der Waals surface area contributed by atoms with Crippen LogP contribution in [0.5, 0.6) is 0 Å². The number of H-pyrrole nitrogens is 1. The molecule has 2 aliphatic rings. The van der Waals surface area contributed by atoms with Crippen molar-refractivity contribution in [1.82, 2.24) is 24.8 Å². The van der Waals surface area contributed by atoms with E-state index in [1.807, 2.05) is 0 Å². The van der Waals surface area contributed by atoms with Gasteiger partial charge in [-0.15, -0.1) is 0 Å². The fourth-order valence-corrected chi connectivity index (χ4v) is 4.52. The number of nitrogens with zero attached hydrogens (tertiary/aromatic N) is 4. The van der Waals surface area contributed by atoms with Crippen LogP contribution in [0.1, 0.15) is 86.4 Å². The molecule has 1 fully saturated rings. The number of rotatable bonds is 6. The van der Waals surface area contributed by atoms with Crippen molar-refractivity contribution in [2.75, 3.05) is 6.54 Å². The van der Waals surface area contributed by atoms with Crippen LogP contribution in [0, 0.1) is 0 Å². The molecule has 5 nitrogen and oxygen atoms in total. The van der Waals surface area contributed by atoms with Crippen LogP contribution in [-0.2, 0) is 25.9 Å². The number of halogens is 1. The molecule has 1 aliphatic heterocycles. The molecule has 0 radical (unpaired) electrons. The van der Waals surface area contributed by atoms with Crippen LogP contribution in [0.15, 0.2) is 6.20 Å². The van der Waals surface area contributed by atoms with Gasteiger partial charge in [0.25, 0.3) is 0 Å². The molecule has 0 bridgehead atoms. The molecule has 0 aromatic carbocycles.